The first-order chi connectivity index (χ1) is 13.8. The van der Waals surface area contributed by atoms with Gasteiger partial charge in [-0.05, 0) is 31.0 Å². The van der Waals surface area contributed by atoms with E-state index in [1.54, 1.807) is 10.9 Å². The maximum absolute atomic E-state index is 12.4. The molecule has 1 fully saturated rings. The zero-order valence-electron chi connectivity index (χ0n) is 15.4. The van der Waals surface area contributed by atoms with Gasteiger partial charge in [0.05, 0.1) is 30.2 Å². The van der Waals surface area contributed by atoms with Crippen molar-refractivity contribution in [1.82, 2.24) is 29.5 Å². The lowest BCUT2D eigenvalue weighted by Crippen LogP contribution is -2.14. The number of fused-ring (bicyclic) bond motifs is 1. The summed E-state index contributed by atoms with van der Waals surface area (Å²) >= 11 is 0. The van der Waals surface area contributed by atoms with Crippen LogP contribution in [0, 0.1) is 0 Å². The van der Waals surface area contributed by atoms with Crippen LogP contribution in [0.1, 0.15) is 37.4 Å². The molecule has 142 valence electrons. The van der Waals surface area contributed by atoms with Gasteiger partial charge in [-0.2, -0.15) is 15.2 Å². The van der Waals surface area contributed by atoms with E-state index in [1.807, 2.05) is 42.6 Å². The van der Waals surface area contributed by atoms with Crippen LogP contribution in [0.3, 0.4) is 0 Å². The SMILES string of the molecule is O=c1[nH]c(NCc2ccn(C3CCCC3)n2)nc2c1cnn2-c1ccccc1. The molecule has 1 aliphatic carbocycles. The number of para-hydroxylation sites is 1. The summed E-state index contributed by atoms with van der Waals surface area (Å²) in [6.07, 6.45) is 8.53. The number of anilines is 1. The van der Waals surface area contributed by atoms with E-state index < -0.39 is 0 Å². The Balaban J connectivity index is 1.39. The van der Waals surface area contributed by atoms with Crippen LogP contribution >= 0.6 is 0 Å². The van der Waals surface area contributed by atoms with E-state index in [-0.39, 0.29) is 5.56 Å². The Morgan fingerprint density at radius 2 is 1.96 bits per heavy atom. The number of rotatable bonds is 5. The summed E-state index contributed by atoms with van der Waals surface area (Å²) in [4.78, 5) is 19.8. The highest BCUT2D eigenvalue weighted by Gasteiger charge is 2.17. The van der Waals surface area contributed by atoms with Crippen LogP contribution < -0.4 is 10.9 Å². The summed E-state index contributed by atoms with van der Waals surface area (Å²) in [5.74, 6) is 0.408. The van der Waals surface area contributed by atoms with Gasteiger partial charge in [-0.25, -0.2) is 4.68 Å². The van der Waals surface area contributed by atoms with E-state index in [0.717, 1.165) is 11.4 Å². The number of aromatic nitrogens is 6. The molecule has 0 unspecified atom stereocenters. The van der Waals surface area contributed by atoms with E-state index in [2.05, 4.69) is 30.2 Å². The molecule has 0 atom stereocenters. The van der Waals surface area contributed by atoms with Crippen molar-refractivity contribution in [1.29, 1.82) is 0 Å². The van der Waals surface area contributed by atoms with Crippen molar-refractivity contribution in [2.75, 3.05) is 5.32 Å². The fourth-order valence-electron chi connectivity index (χ4n) is 3.78. The number of hydrogen-bond donors (Lipinski definition) is 2. The molecule has 1 aliphatic rings. The number of H-pyrrole nitrogens is 1. The predicted octanol–water partition coefficient (Wildman–Crippen LogP) is 3.03. The highest BCUT2D eigenvalue weighted by atomic mass is 16.1. The molecule has 0 bridgehead atoms. The molecule has 8 nitrogen and oxygen atoms in total. The van der Waals surface area contributed by atoms with Crippen molar-refractivity contribution in [3.8, 4) is 5.69 Å². The molecule has 0 aliphatic heterocycles. The van der Waals surface area contributed by atoms with Gasteiger partial charge < -0.3 is 5.32 Å². The molecule has 3 aromatic heterocycles. The van der Waals surface area contributed by atoms with E-state index in [9.17, 15) is 4.79 Å². The average molecular weight is 375 g/mol. The predicted molar refractivity (Wildman–Crippen MR) is 107 cm³/mol. The van der Waals surface area contributed by atoms with Crippen molar-refractivity contribution in [3.63, 3.8) is 0 Å². The minimum Gasteiger partial charge on any atom is -0.350 e. The molecular weight excluding hydrogens is 354 g/mol. The van der Waals surface area contributed by atoms with Crippen LogP contribution in [0.2, 0.25) is 0 Å². The fourth-order valence-corrected chi connectivity index (χ4v) is 3.78. The molecule has 0 amide bonds. The van der Waals surface area contributed by atoms with Crippen LogP contribution in [-0.4, -0.2) is 29.5 Å². The molecule has 3 heterocycles. The lowest BCUT2D eigenvalue weighted by Gasteiger charge is -2.09. The fraction of sp³-hybridized carbons (Fsp3) is 0.300. The van der Waals surface area contributed by atoms with Gasteiger partial charge in [0, 0.05) is 6.20 Å². The third kappa shape index (κ3) is 3.06. The summed E-state index contributed by atoms with van der Waals surface area (Å²) in [6, 6.07) is 12.2. The molecule has 0 saturated heterocycles. The van der Waals surface area contributed by atoms with Gasteiger partial charge >= 0.3 is 0 Å². The number of aromatic amines is 1. The van der Waals surface area contributed by atoms with Crippen LogP contribution in [0.4, 0.5) is 5.95 Å². The lowest BCUT2D eigenvalue weighted by molar-refractivity contribution is 0.463. The standard InChI is InChI=1S/C20H21N7O/c28-19-17-13-22-27(16-8-2-1-3-9-16)18(17)23-20(24-19)21-12-14-10-11-26(25-14)15-6-4-5-7-15/h1-3,8-11,13,15H,4-7,12H2,(H2,21,23,24,28). The van der Waals surface area contributed by atoms with Crippen LogP contribution in [-0.2, 0) is 6.54 Å². The first kappa shape index (κ1) is 16.7. The second kappa shape index (κ2) is 6.95. The molecule has 4 aromatic rings. The molecule has 0 radical (unpaired) electrons. The van der Waals surface area contributed by atoms with Gasteiger partial charge in [0.1, 0.15) is 5.39 Å². The van der Waals surface area contributed by atoms with E-state index in [1.165, 1.54) is 25.7 Å². The molecule has 5 rings (SSSR count). The van der Waals surface area contributed by atoms with Crippen LogP contribution in [0.15, 0.2) is 53.6 Å². The van der Waals surface area contributed by atoms with Crippen molar-refractivity contribution < 1.29 is 0 Å². The molecule has 8 heteroatoms. The molecule has 1 aromatic carbocycles. The minimum atomic E-state index is -0.217. The summed E-state index contributed by atoms with van der Waals surface area (Å²) in [5.41, 5.74) is 2.09. The summed E-state index contributed by atoms with van der Waals surface area (Å²) < 4.78 is 3.73. The highest BCUT2D eigenvalue weighted by molar-refractivity contribution is 5.76. The van der Waals surface area contributed by atoms with E-state index in [4.69, 9.17) is 0 Å². The molecular formula is C20H21N7O. The molecule has 0 spiro atoms. The quantitative estimate of drug-likeness (QED) is 0.559. The smallest absolute Gasteiger partial charge is 0.263 e. The Labute approximate surface area is 161 Å². The van der Waals surface area contributed by atoms with Gasteiger partial charge in [-0.15, -0.1) is 0 Å². The van der Waals surface area contributed by atoms with E-state index in [0.29, 0.717) is 29.6 Å². The zero-order chi connectivity index (χ0) is 18.9. The van der Waals surface area contributed by atoms with Gasteiger partial charge in [-0.3, -0.25) is 14.5 Å². The average Bonchev–Trinajstić information content (AvgIpc) is 3.46. The molecule has 1 saturated carbocycles. The number of nitrogens with zero attached hydrogens (tertiary/aromatic N) is 5. The van der Waals surface area contributed by atoms with Crippen molar-refractivity contribution in [2.45, 2.75) is 38.3 Å². The summed E-state index contributed by atoms with van der Waals surface area (Å²) in [7, 11) is 0. The van der Waals surface area contributed by atoms with Gasteiger partial charge in [0.2, 0.25) is 5.95 Å². The second-order valence-corrected chi connectivity index (χ2v) is 7.12. The molecule has 28 heavy (non-hydrogen) atoms. The van der Waals surface area contributed by atoms with Gasteiger partial charge in [0.15, 0.2) is 5.65 Å². The van der Waals surface area contributed by atoms with Crippen LogP contribution in [0.25, 0.3) is 16.7 Å². The van der Waals surface area contributed by atoms with Gasteiger partial charge in [0.25, 0.3) is 5.56 Å². The highest BCUT2D eigenvalue weighted by Crippen LogP contribution is 2.28. The third-order valence-corrected chi connectivity index (χ3v) is 5.24. The summed E-state index contributed by atoms with van der Waals surface area (Å²) in [6.45, 7) is 0.494. The number of hydrogen-bond acceptors (Lipinski definition) is 5. The Bertz CT molecular complexity index is 1150. The number of benzene rings is 1. The second-order valence-electron chi connectivity index (χ2n) is 7.12. The third-order valence-electron chi connectivity index (χ3n) is 5.24. The van der Waals surface area contributed by atoms with Gasteiger partial charge in [-0.1, -0.05) is 31.0 Å². The van der Waals surface area contributed by atoms with E-state index >= 15 is 0 Å². The Hall–Kier alpha value is -3.42. The molecule has 2 N–H and O–H groups in total. The maximum atomic E-state index is 12.4. The summed E-state index contributed by atoms with van der Waals surface area (Å²) in [5, 5.41) is 12.6. The largest absolute Gasteiger partial charge is 0.350 e. The topological polar surface area (TPSA) is 93.4 Å². The Morgan fingerprint density at radius 3 is 2.79 bits per heavy atom. The number of nitrogens with one attached hydrogen (secondary N) is 2. The zero-order valence-corrected chi connectivity index (χ0v) is 15.4. The Kier molecular flexibility index (Phi) is 4.16. The van der Waals surface area contributed by atoms with Crippen molar-refractivity contribution in [2.24, 2.45) is 0 Å². The lowest BCUT2D eigenvalue weighted by atomic mass is 10.3. The van der Waals surface area contributed by atoms with Crippen LogP contribution in [0.5, 0.6) is 0 Å². The maximum Gasteiger partial charge on any atom is 0.263 e. The normalized spacial score (nSPS) is 14.7. The monoisotopic (exact) mass is 375 g/mol. The van der Waals surface area contributed by atoms with Crippen molar-refractivity contribution >= 4 is 17.0 Å². The Morgan fingerprint density at radius 1 is 1.14 bits per heavy atom. The first-order valence-electron chi connectivity index (χ1n) is 9.59. The first-order valence-corrected chi connectivity index (χ1v) is 9.59. The van der Waals surface area contributed by atoms with Crippen molar-refractivity contribution in [3.05, 3.63) is 64.8 Å². The minimum absolute atomic E-state index is 0.217.